The third-order valence-corrected chi connectivity index (χ3v) is 0.591. The molecule has 0 aromatic heterocycles. The molecular weight excluding hydrogens is 198 g/mol. The largest absolute Gasteiger partial charge is 0.428 e. The molecule has 0 saturated carbocycles. The fourth-order valence-electron chi connectivity index (χ4n) is 0.217. The van der Waals surface area contributed by atoms with E-state index in [1.165, 1.54) is 0 Å². The van der Waals surface area contributed by atoms with Gasteiger partial charge in [0, 0.05) is 6.92 Å². The van der Waals surface area contributed by atoms with Crippen LogP contribution in [0.1, 0.15) is 21.8 Å². The summed E-state index contributed by atoms with van der Waals surface area (Å²) in [6, 6.07) is 0. The van der Waals surface area contributed by atoms with Crippen LogP contribution in [0.15, 0.2) is 0 Å². The van der Waals surface area contributed by atoms with Crippen LogP contribution in [0.5, 0.6) is 0 Å². The number of carbonyl (C=O) groups is 2. The molecule has 0 bridgehead atoms. The van der Waals surface area contributed by atoms with Gasteiger partial charge in [-0.05, 0) is 0 Å². The number of ether oxygens (including phenoxy) is 2. The highest BCUT2D eigenvalue weighted by Gasteiger charge is 2.00. The van der Waals surface area contributed by atoms with E-state index in [0.29, 0.717) is 7.18 Å². The van der Waals surface area contributed by atoms with Crippen molar-refractivity contribution in [3.63, 3.8) is 0 Å². The summed E-state index contributed by atoms with van der Waals surface area (Å²) in [5.74, 6) is -1.62. The molecule has 88 valence electrons. The molecule has 0 aliphatic carbocycles. The maximum Gasteiger partial charge on any atom is 0.340 e. The summed E-state index contributed by atoms with van der Waals surface area (Å²) in [7, 11) is 0.500. The predicted octanol–water partition coefficient (Wildman–Crippen LogP) is 1.88. The second kappa shape index (κ2) is 17.8. The Hall–Kier alpha value is -1.20. The van der Waals surface area contributed by atoms with Crippen LogP contribution in [-0.4, -0.2) is 32.6 Å². The van der Waals surface area contributed by atoms with Gasteiger partial charge in [-0.1, -0.05) is 14.9 Å². The van der Waals surface area contributed by atoms with Crippen molar-refractivity contribution in [1.29, 1.82) is 0 Å². The van der Waals surface area contributed by atoms with Crippen LogP contribution in [0.3, 0.4) is 0 Å². The van der Waals surface area contributed by atoms with Gasteiger partial charge >= 0.3 is 11.9 Å². The highest BCUT2D eigenvalue weighted by atomic mass is 19.1. The Morgan fingerprint density at radius 1 is 1.14 bits per heavy atom. The van der Waals surface area contributed by atoms with Crippen LogP contribution in [0.25, 0.3) is 0 Å². The van der Waals surface area contributed by atoms with Gasteiger partial charge in [0.05, 0.1) is 7.18 Å². The van der Waals surface area contributed by atoms with Gasteiger partial charge in [0.2, 0.25) is 6.79 Å². The Morgan fingerprint density at radius 3 is 1.86 bits per heavy atom. The van der Waals surface area contributed by atoms with Crippen molar-refractivity contribution in [2.24, 2.45) is 0 Å². The predicted molar refractivity (Wildman–Crippen MR) is 49.2 cm³/mol. The minimum absolute atomic E-state index is 0. The Kier molecular flexibility index (Phi) is 29.2. The zero-order valence-electron chi connectivity index (χ0n) is 6.80. The molecule has 0 atom stereocenters. The summed E-state index contributed by atoms with van der Waals surface area (Å²) in [5, 5.41) is 0. The molecule has 14 heavy (non-hydrogen) atoms. The number of rotatable bonds is 3. The molecule has 0 aromatic carbocycles. The van der Waals surface area contributed by atoms with Gasteiger partial charge in [-0.15, -0.1) is 0 Å². The summed E-state index contributed by atoms with van der Waals surface area (Å²) < 4.78 is 29.0. The Balaban J connectivity index is -0.000000117. The SMILES string of the molecule is C.C.CC(=O)OCOC(=O)CF.CF. The number of hydrogen-bond donors (Lipinski definition) is 0. The number of halogens is 2. The molecule has 0 heterocycles. The maximum atomic E-state index is 11.3. The van der Waals surface area contributed by atoms with E-state index in [0.717, 1.165) is 6.92 Å². The van der Waals surface area contributed by atoms with Gasteiger partial charge in [0.1, 0.15) is 0 Å². The van der Waals surface area contributed by atoms with Gasteiger partial charge in [0.25, 0.3) is 0 Å². The highest BCUT2D eigenvalue weighted by Crippen LogP contribution is 1.81. The molecule has 0 N–H and O–H groups in total. The fraction of sp³-hybridized carbons (Fsp3) is 0.750. The van der Waals surface area contributed by atoms with Gasteiger partial charge in [0.15, 0.2) is 6.67 Å². The quantitative estimate of drug-likeness (QED) is 0.534. The number of carbonyl (C=O) groups excluding carboxylic acids is 2. The number of hydrogen-bond acceptors (Lipinski definition) is 4. The minimum atomic E-state index is -1.21. The first-order chi connectivity index (χ1) is 5.66. The topological polar surface area (TPSA) is 52.6 Å². The highest BCUT2D eigenvalue weighted by molar-refractivity contribution is 5.70. The van der Waals surface area contributed by atoms with Crippen LogP contribution in [0.4, 0.5) is 8.78 Å². The molecule has 0 spiro atoms. The Bertz CT molecular complexity index is 139. The summed E-state index contributed by atoms with van der Waals surface area (Å²) in [4.78, 5) is 20.0. The van der Waals surface area contributed by atoms with Crippen molar-refractivity contribution >= 4 is 11.9 Å². The number of esters is 2. The lowest BCUT2D eigenvalue weighted by atomic mass is 10.8. The lowest BCUT2D eigenvalue weighted by Crippen LogP contribution is -2.11. The second-order valence-corrected chi connectivity index (χ2v) is 1.40. The van der Waals surface area contributed by atoms with Crippen LogP contribution < -0.4 is 0 Å². The maximum absolute atomic E-state index is 11.3. The van der Waals surface area contributed by atoms with Gasteiger partial charge < -0.3 is 9.47 Å². The van der Waals surface area contributed by atoms with Crippen molar-refractivity contribution in [2.75, 3.05) is 20.6 Å². The number of alkyl halides is 2. The fourth-order valence-corrected chi connectivity index (χ4v) is 0.217. The zero-order chi connectivity index (χ0) is 9.98. The monoisotopic (exact) mass is 216 g/mol. The summed E-state index contributed by atoms with van der Waals surface area (Å²) in [6.07, 6.45) is 0. The average Bonchev–Trinajstić information content (AvgIpc) is 2.07. The van der Waals surface area contributed by atoms with Crippen LogP contribution in [0, 0.1) is 0 Å². The molecule has 0 fully saturated rings. The van der Waals surface area contributed by atoms with Gasteiger partial charge in [-0.3, -0.25) is 9.18 Å². The van der Waals surface area contributed by atoms with E-state index < -0.39 is 25.4 Å². The first-order valence-corrected chi connectivity index (χ1v) is 2.89. The molecule has 0 saturated heterocycles. The van der Waals surface area contributed by atoms with Crippen LogP contribution >= 0.6 is 0 Å². The van der Waals surface area contributed by atoms with E-state index in [2.05, 4.69) is 9.47 Å². The van der Waals surface area contributed by atoms with E-state index in [-0.39, 0.29) is 14.9 Å². The molecule has 0 aliphatic rings. The molecule has 0 radical (unpaired) electrons. The van der Waals surface area contributed by atoms with E-state index in [1.807, 2.05) is 0 Å². The summed E-state index contributed by atoms with van der Waals surface area (Å²) >= 11 is 0. The molecule has 0 unspecified atom stereocenters. The average molecular weight is 216 g/mol. The first kappa shape index (κ1) is 23.0. The normalized spacial score (nSPS) is 6.57. The van der Waals surface area contributed by atoms with E-state index in [9.17, 15) is 18.4 Å². The summed E-state index contributed by atoms with van der Waals surface area (Å²) in [6.45, 7) is -0.567. The van der Waals surface area contributed by atoms with Gasteiger partial charge in [-0.2, -0.15) is 0 Å². The molecule has 0 aromatic rings. The standard InChI is InChI=1S/C5H7FO4.CH3F.2CH4/c1-4(7)9-3-10-5(8)2-6;1-2;;/h2-3H2,1H3;1H3;2*1H4. The van der Waals surface area contributed by atoms with E-state index >= 15 is 0 Å². The van der Waals surface area contributed by atoms with Crippen molar-refractivity contribution in [3.05, 3.63) is 0 Å². The molecule has 4 nitrogen and oxygen atoms in total. The third kappa shape index (κ3) is 22.4. The zero-order valence-corrected chi connectivity index (χ0v) is 6.80. The second-order valence-electron chi connectivity index (χ2n) is 1.40. The van der Waals surface area contributed by atoms with Crippen molar-refractivity contribution in [1.82, 2.24) is 0 Å². The molecular formula is C8H18F2O4. The minimum Gasteiger partial charge on any atom is -0.428 e. The summed E-state index contributed by atoms with van der Waals surface area (Å²) in [5.41, 5.74) is 0. The van der Waals surface area contributed by atoms with Gasteiger partial charge in [-0.25, -0.2) is 9.18 Å². The Morgan fingerprint density at radius 2 is 1.57 bits per heavy atom. The van der Waals surface area contributed by atoms with Crippen molar-refractivity contribution < 1.29 is 27.8 Å². The van der Waals surface area contributed by atoms with Crippen molar-refractivity contribution in [3.8, 4) is 0 Å². The smallest absolute Gasteiger partial charge is 0.340 e. The lowest BCUT2D eigenvalue weighted by Gasteiger charge is -2.00. The molecule has 0 aliphatic heterocycles. The molecule has 0 amide bonds. The van der Waals surface area contributed by atoms with Crippen LogP contribution in [0.2, 0.25) is 0 Å². The first-order valence-electron chi connectivity index (χ1n) is 2.89. The van der Waals surface area contributed by atoms with E-state index in [1.54, 1.807) is 0 Å². The van der Waals surface area contributed by atoms with E-state index in [4.69, 9.17) is 0 Å². The lowest BCUT2D eigenvalue weighted by molar-refractivity contribution is -0.166. The third-order valence-electron chi connectivity index (χ3n) is 0.591. The van der Waals surface area contributed by atoms with Crippen LogP contribution in [-0.2, 0) is 19.1 Å². The van der Waals surface area contributed by atoms with Crippen molar-refractivity contribution in [2.45, 2.75) is 21.8 Å². The molecule has 0 rings (SSSR count). The molecule has 6 heteroatoms. The Labute approximate surface area is 83.2 Å².